The van der Waals surface area contributed by atoms with E-state index in [1.165, 1.54) is 25.3 Å². The molecule has 0 spiro atoms. The maximum Gasteiger partial charge on any atom is 0.129 e. The van der Waals surface area contributed by atoms with Crippen molar-refractivity contribution < 1.29 is 9.50 Å². The van der Waals surface area contributed by atoms with Crippen LogP contribution in [0.1, 0.15) is 37.9 Å². The highest BCUT2D eigenvalue weighted by molar-refractivity contribution is 5.20. The van der Waals surface area contributed by atoms with Crippen molar-refractivity contribution in [2.45, 2.75) is 38.3 Å². The van der Waals surface area contributed by atoms with Gasteiger partial charge < -0.3 is 5.11 Å². The van der Waals surface area contributed by atoms with Crippen LogP contribution >= 0.6 is 0 Å². The molecule has 0 aromatic heterocycles. The molecule has 1 saturated heterocycles. The molecule has 1 aliphatic rings. The number of piperidine rings is 1. The van der Waals surface area contributed by atoms with Gasteiger partial charge in [0.15, 0.2) is 0 Å². The zero-order valence-corrected chi connectivity index (χ0v) is 10.3. The number of halogens is 1. The molecular weight excluding hydrogens is 217 g/mol. The fourth-order valence-electron chi connectivity index (χ4n) is 2.49. The first kappa shape index (κ1) is 12.5. The van der Waals surface area contributed by atoms with Gasteiger partial charge in [-0.25, -0.2) is 4.39 Å². The van der Waals surface area contributed by atoms with Gasteiger partial charge in [-0.05, 0) is 32.4 Å². The summed E-state index contributed by atoms with van der Waals surface area (Å²) in [5.74, 6) is -0.315. The minimum absolute atomic E-state index is 0.315. The summed E-state index contributed by atoms with van der Waals surface area (Å²) in [6, 6.07) is 6.97. The average Bonchev–Trinajstić information content (AvgIpc) is 2.32. The number of likely N-dealkylation sites (tertiary alicyclic amines) is 1. The zero-order valence-electron chi connectivity index (χ0n) is 10.3. The summed E-state index contributed by atoms with van der Waals surface area (Å²) in [5.41, 5.74) is 0.408. The van der Waals surface area contributed by atoms with Crippen molar-refractivity contribution in [3.05, 3.63) is 35.6 Å². The van der Waals surface area contributed by atoms with E-state index >= 15 is 0 Å². The second-order valence-electron chi connectivity index (χ2n) is 4.88. The molecule has 0 saturated carbocycles. The molecule has 2 nitrogen and oxygen atoms in total. The Kier molecular flexibility index (Phi) is 4.13. The molecule has 1 fully saturated rings. The highest BCUT2D eigenvalue weighted by atomic mass is 19.1. The number of nitrogens with zero attached hydrogens (tertiary/aromatic N) is 1. The lowest BCUT2D eigenvalue weighted by atomic mass is 10.0. The predicted octanol–water partition coefficient (Wildman–Crippen LogP) is 2.73. The van der Waals surface area contributed by atoms with Crippen molar-refractivity contribution in [1.29, 1.82) is 0 Å². The Morgan fingerprint density at radius 3 is 2.88 bits per heavy atom. The van der Waals surface area contributed by atoms with Crippen LogP contribution in [0.4, 0.5) is 4.39 Å². The van der Waals surface area contributed by atoms with Crippen LogP contribution in [-0.2, 0) is 0 Å². The number of hydrogen-bond acceptors (Lipinski definition) is 2. The minimum atomic E-state index is -0.725. The fraction of sp³-hybridized carbons (Fsp3) is 0.571. The number of benzene rings is 1. The minimum Gasteiger partial charge on any atom is -0.387 e. The fourth-order valence-corrected chi connectivity index (χ4v) is 2.49. The topological polar surface area (TPSA) is 23.5 Å². The Morgan fingerprint density at radius 1 is 1.41 bits per heavy atom. The van der Waals surface area contributed by atoms with Crippen LogP contribution < -0.4 is 0 Å². The van der Waals surface area contributed by atoms with Crippen LogP contribution in [0.25, 0.3) is 0 Å². The van der Waals surface area contributed by atoms with Gasteiger partial charge in [-0.3, -0.25) is 4.90 Å². The molecule has 1 aliphatic heterocycles. The lowest BCUT2D eigenvalue weighted by molar-refractivity contribution is 0.0713. The van der Waals surface area contributed by atoms with E-state index in [9.17, 15) is 9.50 Å². The summed E-state index contributed by atoms with van der Waals surface area (Å²) < 4.78 is 13.5. The smallest absolute Gasteiger partial charge is 0.129 e. The number of aliphatic hydroxyl groups is 1. The van der Waals surface area contributed by atoms with Crippen LogP contribution in [0, 0.1) is 5.82 Å². The molecule has 0 radical (unpaired) electrons. The maximum atomic E-state index is 13.5. The van der Waals surface area contributed by atoms with Gasteiger partial charge in [-0.15, -0.1) is 0 Å². The second kappa shape index (κ2) is 5.61. The third-order valence-electron chi connectivity index (χ3n) is 3.61. The predicted molar refractivity (Wildman–Crippen MR) is 66.2 cm³/mol. The van der Waals surface area contributed by atoms with Crippen molar-refractivity contribution >= 4 is 0 Å². The maximum absolute atomic E-state index is 13.5. The molecule has 0 bridgehead atoms. The van der Waals surface area contributed by atoms with Gasteiger partial charge in [0.25, 0.3) is 0 Å². The summed E-state index contributed by atoms with van der Waals surface area (Å²) in [7, 11) is 0. The summed E-state index contributed by atoms with van der Waals surface area (Å²) in [6.07, 6.45) is 2.88. The van der Waals surface area contributed by atoms with Crippen molar-refractivity contribution in [2.75, 3.05) is 13.1 Å². The van der Waals surface area contributed by atoms with Gasteiger partial charge >= 0.3 is 0 Å². The average molecular weight is 237 g/mol. The molecule has 1 heterocycles. The number of aliphatic hydroxyl groups excluding tert-OH is 1. The van der Waals surface area contributed by atoms with Crippen molar-refractivity contribution in [1.82, 2.24) is 4.90 Å². The van der Waals surface area contributed by atoms with Gasteiger partial charge in [0.05, 0.1) is 6.10 Å². The first-order valence-corrected chi connectivity index (χ1v) is 6.35. The Morgan fingerprint density at radius 2 is 2.18 bits per heavy atom. The van der Waals surface area contributed by atoms with Gasteiger partial charge in [-0.1, -0.05) is 24.6 Å². The molecule has 94 valence electrons. The number of β-amino-alcohol motifs (C(OH)–C–C–N with tert-alkyl or cyclic N) is 1. The molecule has 1 N–H and O–H groups in total. The van der Waals surface area contributed by atoms with Gasteiger partial charge in [0.2, 0.25) is 0 Å². The summed E-state index contributed by atoms with van der Waals surface area (Å²) in [5, 5.41) is 10.1. The lowest BCUT2D eigenvalue weighted by Crippen LogP contribution is -2.40. The van der Waals surface area contributed by atoms with Crippen molar-refractivity contribution in [3.8, 4) is 0 Å². The zero-order chi connectivity index (χ0) is 12.3. The summed E-state index contributed by atoms with van der Waals surface area (Å²) >= 11 is 0. The Hall–Kier alpha value is -0.930. The van der Waals surface area contributed by atoms with Crippen LogP contribution in [0.3, 0.4) is 0 Å². The molecule has 0 amide bonds. The van der Waals surface area contributed by atoms with Gasteiger partial charge in [-0.2, -0.15) is 0 Å². The summed E-state index contributed by atoms with van der Waals surface area (Å²) in [6.45, 7) is 3.71. The van der Waals surface area contributed by atoms with Crippen LogP contribution in [-0.4, -0.2) is 29.1 Å². The molecular formula is C14H20FNO. The normalized spacial score (nSPS) is 23.6. The van der Waals surface area contributed by atoms with E-state index in [1.807, 2.05) is 0 Å². The van der Waals surface area contributed by atoms with E-state index < -0.39 is 6.10 Å². The molecule has 1 aromatic carbocycles. The van der Waals surface area contributed by atoms with Crippen LogP contribution in [0.2, 0.25) is 0 Å². The Labute approximate surface area is 102 Å². The van der Waals surface area contributed by atoms with Crippen LogP contribution in [0.15, 0.2) is 24.3 Å². The first-order chi connectivity index (χ1) is 8.18. The Balaban J connectivity index is 2.01. The molecule has 0 unspecified atom stereocenters. The third kappa shape index (κ3) is 3.05. The van der Waals surface area contributed by atoms with Crippen molar-refractivity contribution in [3.63, 3.8) is 0 Å². The lowest BCUT2D eigenvalue weighted by Gasteiger charge is -2.34. The number of rotatable bonds is 3. The van der Waals surface area contributed by atoms with E-state index in [0.29, 0.717) is 18.2 Å². The van der Waals surface area contributed by atoms with Gasteiger partial charge in [0, 0.05) is 18.2 Å². The van der Waals surface area contributed by atoms with E-state index in [-0.39, 0.29) is 5.82 Å². The van der Waals surface area contributed by atoms with Crippen LogP contribution in [0.5, 0.6) is 0 Å². The van der Waals surface area contributed by atoms with E-state index in [1.54, 1.807) is 18.2 Å². The van der Waals surface area contributed by atoms with Gasteiger partial charge in [0.1, 0.15) is 5.82 Å². The first-order valence-electron chi connectivity index (χ1n) is 6.35. The molecule has 1 aromatic rings. The molecule has 2 atom stereocenters. The second-order valence-corrected chi connectivity index (χ2v) is 4.88. The third-order valence-corrected chi connectivity index (χ3v) is 3.61. The number of hydrogen-bond donors (Lipinski definition) is 1. The Bertz CT molecular complexity index is 369. The van der Waals surface area contributed by atoms with E-state index in [0.717, 1.165) is 6.54 Å². The summed E-state index contributed by atoms with van der Waals surface area (Å²) in [4.78, 5) is 2.25. The largest absolute Gasteiger partial charge is 0.387 e. The molecule has 2 rings (SSSR count). The van der Waals surface area contributed by atoms with E-state index in [2.05, 4.69) is 11.8 Å². The molecule has 0 aliphatic carbocycles. The monoisotopic (exact) mass is 237 g/mol. The molecule has 17 heavy (non-hydrogen) atoms. The molecule has 3 heteroatoms. The SMILES string of the molecule is C[C@@H]1CCCCN1C[C@@H](O)c1ccccc1F. The quantitative estimate of drug-likeness (QED) is 0.873. The standard InChI is InChI=1S/C14H20FNO/c1-11-6-4-5-9-16(11)10-14(17)12-7-2-3-8-13(12)15/h2-3,7-8,11,14,17H,4-6,9-10H2,1H3/t11-,14-/m1/s1. The van der Waals surface area contributed by atoms with E-state index in [4.69, 9.17) is 0 Å². The highest BCUT2D eigenvalue weighted by Crippen LogP contribution is 2.22. The van der Waals surface area contributed by atoms with Crippen molar-refractivity contribution in [2.24, 2.45) is 0 Å². The highest BCUT2D eigenvalue weighted by Gasteiger charge is 2.22.